The van der Waals surface area contributed by atoms with E-state index in [2.05, 4.69) is 34.7 Å². The van der Waals surface area contributed by atoms with Gasteiger partial charge < -0.3 is 24.5 Å². The van der Waals surface area contributed by atoms with E-state index in [1.54, 1.807) is 6.26 Å². The SMILES string of the molecule is CCNC(=NCc1ccc(C)cc1OCCOCC)NCc1coc(-c2ccccc2)n1. The summed E-state index contributed by atoms with van der Waals surface area (Å²) in [5.41, 5.74) is 3.94. The molecule has 3 rings (SSSR count). The standard InChI is InChI=1S/C25H32N4O3/c1-4-26-25(28-17-22-18-32-24(29-22)20-9-7-6-8-10-20)27-16-21-12-11-19(3)15-23(21)31-14-13-30-5-2/h6-12,15,18H,4-5,13-14,16-17H2,1-3H3,(H2,26,27,28). The highest BCUT2D eigenvalue weighted by molar-refractivity contribution is 5.79. The molecule has 0 saturated carbocycles. The second-order valence-electron chi connectivity index (χ2n) is 7.22. The molecule has 0 aliphatic carbocycles. The van der Waals surface area contributed by atoms with E-state index in [-0.39, 0.29) is 0 Å². The van der Waals surface area contributed by atoms with Crippen LogP contribution in [-0.2, 0) is 17.8 Å². The summed E-state index contributed by atoms with van der Waals surface area (Å²) in [6, 6.07) is 16.0. The topological polar surface area (TPSA) is 80.9 Å². The Morgan fingerprint density at radius 2 is 1.91 bits per heavy atom. The molecule has 0 spiro atoms. The fourth-order valence-electron chi connectivity index (χ4n) is 3.06. The zero-order valence-electron chi connectivity index (χ0n) is 19.1. The minimum Gasteiger partial charge on any atom is -0.491 e. The average molecular weight is 437 g/mol. The maximum atomic E-state index is 5.93. The summed E-state index contributed by atoms with van der Waals surface area (Å²) in [6.07, 6.45) is 1.67. The van der Waals surface area contributed by atoms with Crippen molar-refractivity contribution >= 4 is 5.96 Å². The van der Waals surface area contributed by atoms with Crippen LogP contribution in [0.4, 0.5) is 0 Å². The minimum atomic E-state index is 0.494. The van der Waals surface area contributed by atoms with E-state index < -0.39 is 0 Å². The molecule has 1 aromatic heterocycles. The van der Waals surface area contributed by atoms with Crippen molar-refractivity contribution in [3.63, 3.8) is 0 Å². The van der Waals surface area contributed by atoms with E-state index in [9.17, 15) is 0 Å². The van der Waals surface area contributed by atoms with Crippen LogP contribution in [0.5, 0.6) is 5.75 Å². The first-order chi connectivity index (χ1) is 15.7. The average Bonchev–Trinajstić information content (AvgIpc) is 3.29. The molecule has 2 N–H and O–H groups in total. The summed E-state index contributed by atoms with van der Waals surface area (Å²) in [7, 11) is 0. The van der Waals surface area contributed by atoms with Crippen LogP contribution in [0.2, 0.25) is 0 Å². The zero-order chi connectivity index (χ0) is 22.6. The van der Waals surface area contributed by atoms with Crippen LogP contribution in [0.25, 0.3) is 11.5 Å². The third-order valence-corrected chi connectivity index (χ3v) is 4.67. The molecule has 0 amide bonds. The zero-order valence-corrected chi connectivity index (χ0v) is 19.1. The molecule has 2 aromatic carbocycles. The van der Waals surface area contributed by atoms with Crippen LogP contribution in [-0.4, -0.2) is 37.3 Å². The van der Waals surface area contributed by atoms with Crippen molar-refractivity contribution in [3.8, 4) is 17.2 Å². The third-order valence-electron chi connectivity index (χ3n) is 4.67. The van der Waals surface area contributed by atoms with Crippen LogP contribution < -0.4 is 15.4 Å². The van der Waals surface area contributed by atoms with Crippen molar-refractivity contribution in [3.05, 3.63) is 71.6 Å². The molecule has 0 bridgehead atoms. The molecule has 0 atom stereocenters. The minimum absolute atomic E-state index is 0.494. The summed E-state index contributed by atoms with van der Waals surface area (Å²) in [4.78, 5) is 9.28. The summed E-state index contributed by atoms with van der Waals surface area (Å²) >= 11 is 0. The molecule has 3 aromatic rings. The molecule has 32 heavy (non-hydrogen) atoms. The normalized spacial score (nSPS) is 11.4. The summed E-state index contributed by atoms with van der Waals surface area (Å²) in [5, 5.41) is 6.59. The van der Waals surface area contributed by atoms with Gasteiger partial charge in [-0.15, -0.1) is 0 Å². The van der Waals surface area contributed by atoms with E-state index >= 15 is 0 Å². The summed E-state index contributed by atoms with van der Waals surface area (Å²) < 4.78 is 16.9. The number of benzene rings is 2. The number of hydrogen-bond donors (Lipinski definition) is 2. The smallest absolute Gasteiger partial charge is 0.226 e. The van der Waals surface area contributed by atoms with Crippen molar-refractivity contribution in [1.82, 2.24) is 15.6 Å². The number of hydrogen-bond acceptors (Lipinski definition) is 5. The quantitative estimate of drug-likeness (QED) is 0.265. The van der Waals surface area contributed by atoms with Crippen molar-refractivity contribution in [2.45, 2.75) is 33.9 Å². The lowest BCUT2D eigenvalue weighted by Gasteiger charge is -2.13. The second kappa shape index (κ2) is 12.5. The Labute approximate surface area is 189 Å². The van der Waals surface area contributed by atoms with Gasteiger partial charge in [-0.3, -0.25) is 0 Å². The molecule has 0 unspecified atom stereocenters. The van der Waals surface area contributed by atoms with Crippen molar-refractivity contribution in [2.24, 2.45) is 4.99 Å². The van der Waals surface area contributed by atoms with Crippen molar-refractivity contribution in [1.29, 1.82) is 0 Å². The molecule has 0 fully saturated rings. The van der Waals surface area contributed by atoms with Crippen LogP contribution in [0, 0.1) is 6.92 Å². The number of aryl methyl sites for hydroxylation is 1. The van der Waals surface area contributed by atoms with Gasteiger partial charge in [0.05, 0.1) is 25.4 Å². The number of aliphatic imine (C=N–C) groups is 1. The number of rotatable bonds is 11. The van der Waals surface area contributed by atoms with E-state index in [4.69, 9.17) is 18.9 Å². The Morgan fingerprint density at radius 1 is 1.06 bits per heavy atom. The Morgan fingerprint density at radius 3 is 2.69 bits per heavy atom. The van der Waals surface area contributed by atoms with Gasteiger partial charge in [-0.05, 0) is 44.5 Å². The number of aromatic nitrogens is 1. The molecule has 0 aliphatic rings. The van der Waals surface area contributed by atoms with Crippen LogP contribution >= 0.6 is 0 Å². The third kappa shape index (κ3) is 7.13. The van der Waals surface area contributed by atoms with E-state index in [1.807, 2.05) is 50.2 Å². The van der Waals surface area contributed by atoms with E-state index in [0.29, 0.717) is 44.8 Å². The highest BCUT2D eigenvalue weighted by atomic mass is 16.5. The van der Waals surface area contributed by atoms with Gasteiger partial charge in [-0.1, -0.05) is 30.3 Å². The largest absolute Gasteiger partial charge is 0.491 e. The van der Waals surface area contributed by atoms with Gasteiger partial charge in [-0.25, -0.2) is 9.98 Å². The predicted molar refractivity (Wildman–Crippen MR) is 127 cm³/mol. The molecule has 0 saturated heterocycles. The fourth-order valence-corrected chi connectivity index (χ4v) is 3.06. The predicted octanol–water partition coefficient (Wildman–Crippen LogP) is 4.32. The maximum Gasteiger partial charge on any atom is 0.226 e. The molecule has 7 heteroatoms. The monoisotopic (exact) mass is 436 g/mol. The van der Waals surface area contributed by atoms with Gasteiger partial charge in [0.15, 0.2) is 5.96 Å². The van der Waals surface area contributed by atoms with Gasteiger partial charge in [-0.2, -0.15) is 0 Å². The molecular weight excluding hydrogens is 404 g/mol. The second-order valence-corrected chi connectivity index (χ2v) is 7.22. The Hall–Kier alpha value is -3.32. The van der Waals surface area contributed by atoms with Gasteiger partial charge in [0.25, 0.3) is 0 Å². The maximum absolute atomic E-state index is 5.93. The van der Waals surface area contributed by atoms with Crippen LogP contribution in [0.3, 0.4) is 0 Å². The van der Waals surface area contributed by atoms with Crippen LogP contribution in [0.15, 0.2) is 64.2 Å². The lowest BCUT2D eigenvalue weighted by Crippen LogP contribution is -2.36. The van der Waals surface area contributed by atoms with Crippen molar-refractivity contribution in [2.75, 3.05) is 26.4 Å². The van der Waals surface area contributed by atoms with Crippen LogP contribution in [0.1, 0.15) is 30.7 Å². The van der Waals surface area contributed by atoms with E-state index in [0.717, 1.165) is 34.7 Å². The molecule has 170 valence electrons. The van der Waals surface area contributed by atoms with E-state index in [1.165, 1.54) is 0 Å². The fraction of sp³-hybridized carbons (Fsp3) is 0.360. The number of nitrogens with zero attached hydrogens (tertiary/aromatic N) is 2. The highest BCUT2D eigenvalue weighted by Crippen LogP contribution is 2.21. The van der Waals surface area contributed by atoms with Gasteiger partial charge in [0, 0.05) is 24.3 Å². The highest BCUT2D eigenvalue weighted by Gasteiger charge is 2.08. The van der Waals surface area contributed by atoms with Gasteiger partial charge in [0.2, 0.25) is 5.89 Å². The first-order valence-electron chi connectivity index (χ1n) is 11.0. The first kappa shape index (κ1) is 23.3. The Balaban J connectivity index is 1.62. The molecule has 0 radical (unpaired) electrons. The summed E-state index contributed by atoms with van der Waals surface area (Å²) in [5.74, 6) is 2.16. The molecular formula is C25H32N4O3. The number of oxazole rings is 1. The van der Waals surface area contributed by atoms with Gasteiger partial charge >= 0.3 is 0 Å². The molecule has 0 aliphatic heterocycles. The molecule has 1 heterocycles. The summed E-state index contributed by atoms with van der Waals surface area (Å²) in [6.45, 7) is 9.59. The van der Waals surface area contributed by atoms with Gasteiger partial charge in [0.1, 0.15) is 18.6 Å². The lowest BCUT2D eigenvalue weighted by molar-refractivity contribution is 0.110. The Kier molecular flexibility index (Phi) is 9.13. The lowest BCUT2D eigenvalue weighted by atomic mass is 10.1. The number of guanidine groups is 1. The molecule has 7 nitrogen and oxygen atoms in total. The number of ether oxygens (including phenoxy) is 2. The van der Waals surface area contributed by atoms with Crippen molar-refractivity contribution < 1.29 is 13.9 Å². The number of nitrogens with one attached hydrogen (secondary N) is 2. The Bertz CT molecular complexity index is 986. The first-order valence-corrected chi connectivity index (χ1v) is 11.0.